The van der Waals surface area contributed by atoms with Gasteiger partial charge in [-0.3, -0.25) is 0 Å². The zero-order valence-corrected chi connectivity index (χ0v) is 12.0. The van der Waals surface area contributed by atoms with Crippen molar-refractivity contribution in [3.63, 3.8) is 0 Å². The molecule has 0 aliphatic carbocycles. The normalized spacial score (nSPS) is 20.9. The molecule has 0 amide bonds. The molecule has 1 aromatic carbocycles. The van der Waals surface area contributed by atoms with E-state index >= 15 is 0 Å². The van der Waals surface area contributed by atoms with Crippen molar-refractivity contribution in [2.24, 2.45) is 5.92 Å². The minimum Gasteiger partial charge on any atom is -0.369 e. The molecule has 0 saturated carbocycles. The quantitative estimate of drug-likeness (QED) is 0.926. The van der Waals surface area contributed by atoms with Crippen LogP contribution in [0.4, 0.5) is 5.95 Å². The Morgan fingerprint density at radius 3 is 3.06 bits per heavy atom. The number of nitrogens with two attached hydrogens (primary N) is 1. The molecule has 1 aromatic heterocycles. The van der Waals surface area contributed by atoms with Crippen molar-refractivity contribution >= 4 is 32.9 Å². The summed E-state index contributed by atoms with van der Waals surface area (Å²) in [7, 11) is 2.17. The zero-order valence-electron chi connectivity index (χ0n) is 10.4. The molecular formula is C13H17BrN4. The number of halogens is 1. The van der Waals surface area contributed by atoms with Crippen LogP contribution in [0, 0.1) is 5.92 Å². The fourth-order valence-corrected chi connectivity index (χ4v) is 3.09. The summed E-state index contributed by atoms with van der Waals surface area (Å²) < 4.78 is 3.21. The first kappa shape index (κ1) is 12.0. The van der Waals surface area contributed by atoms with E-state index in [1.54, 1.807) is 0 Å². The van der Waals surface area contributed by atoms with Crippen LogP contribution < -0.4 is 5.73 Å². The van der Waals surface area contributed by atoms with Crippen molar-refractivity contribution in [1.82, 2.24) is 14.5 Å². The van der Waals surface area contributed by atoms with Gasteiger partial charge in [-0.15, -0.1) is 0 Å². The lowest BCUT2D eigenvalue weighted by atomic mass is 10.1. The summed E-state index contributed by atoms with van der Waals surface area (Å²) in [4.78, 5) is 6.79. The molecular weight excluding hydrogens is 292 g/mol. The number of imidazole rings is 1. The van der Waals surface area contributed by atoms with Gasteiger partial charge < -0.3 is 15.2 Å². The SMILES string of the molecule is CN1CCC(Cn2c(N)nc3ccc(Br)cc32)C1. The molecule has 3 rings (SSSR count). The van der Waals surface area contributed by atoms with Crippen molar-refractivity contribution in [3.05, 3.63) is 22.7 Å². The minimum absolute atomic E-state index is 0.623. The number of rotatable bonds is 2. The standard InChI is InChI=1S/C13H17BrN4/c1-17-5-4-9(7-17)8-18-12-6-10(14)2-3-11(12)16-13(18)15/h2-3,6,9H,4-5,7-8H2,1H3,(H2,15,16). The highest BCUT2D eigenvalue weighted by Gasteiger charge is 2.21. The van der Waals surface area contributed by atoms with E-state index in [1.165, 1.54) is 13.0 Å². The molecule has 1 atom stereocenters. The van der Waals surface area contributed by atoms with E-state index in [1.807, 2.05) is 12.1 Å². The zero-order chi connectivity index (χ0) is 12.7. The topological polar surface area (TPSA) is 47.1 Å². The predicted molar refractivity (Wildman–Crippen MR) is 77.4 cm³/mol. The van der Waals surface area contributed by atoms with Crippen LogP contribution in [0.1, 0.15) is 6.42 Å². The van der Waals surface area contributed by atoms with Crippen LogP contribution in [0.25, 0.3) is 11.0 Å². The van der Waals surface area contributed by atoms with Crippen LogP contribution in [0.3, 0.4) is 0 Å². The Bertz CT molecular complexity index is 578. The molecule has 0 bridgehead atoms. The first-order valence-corrected chi connectivity index (χ1v) is 7.02. The number of anilines is 1. The van der Waals surface area contributed by atoms with E-state index in [0.717, 1.165) is 28.6 Å². The van der Waals surface area contributed by atoms with Gasteiger partial charge in [0.05, 0.1) is 11.0 Å². The third kappa shape index (κ3) is 2.12. The maximum absolute atomic E-state index is 6.04. The molecule has 0 radical (unpaired) electrons. The number of nitrogen functional groups attached to an aromatic ring is 1. The predicted octanol–water partition coefficient (Wildman–Crippen LogP) is 2.33. The van der Waals surface area contributed by atoms with Crippen LogP contribution in [0.5, 0.6) is 0 Å². The van der Waals surface area contributed by atoms with Gasteiger partial charge in [0.1, 0.15) is 0 Å². The van der Waals surface area contributed by atoms with Crippen LogP contribution in [-0.4, -0.2) is 34.6 Å². The minimum atomic E-state index is 0.623. The second kappa shape index (κ2) is 4.55. The molecule has 1 aliphatic heterocycles. The highest BCUT2D eigenvalue weighted by Crippen LogP contribution is 2.25. The lowest BCUT2D eigenvalue weighted by Gasteiger charge is -2.13. The Morgan fingerprint density at radius 1 is 1.50 bits per heavy atom. The summed E-state index contributed by atoms with van der Waals surface area (Å²) in [6, 6.07) is 6.10. The van der Waals surface area contributed by atoms with E-state index < -0.39 is 0 Å². The molecule has 5 heteroatoms. The molecule has 2 aromatic rings. The summed E-state index contributed by atoms with van der Waals surface area (Å²) in [6.07, 6.45) is 1.24. The number of hydrogen-bond donors (Lipinski definition) is 1. The fourth-order valence-electron chi connectivity index (χ4n) is 2.74. The third-order valence-corrected chi connectivity index (χ3v) is 4.16. The highest BCUT2D eigenvalue weighted by molar-refractivity contribution is 9.10. The van der Waals surface area contributed by atoms with Crippen molar-refractivity contribution in [1.29, 1.82) is 0 Å². The first-order valence-electron chi connectivity index (χ1n) is 6.23. The molecule has 2 N–H and O–H groups in total. The molecule has 18 heavy (non-hydrogen) atoms. The van der Waals surface area contributed by atoms with E-state index in [-0.39, 0.29) is 0 Å². The largest absolute Gasteiger partial charge is 0.369 e. The van der Waals surface area contributed by atoms with Gasteiger partial charge in [-0.2, -0.15) is 0 Å². The Hall–Kier alpha value is -1.07. The van der Waals surface area contributed by atoms with Gasteiger partial charge in [0.25, 0.3) is 0 Å². The number of aromatic nitrogens is 2. The molecule has 1 unspecified atom stereocenters. The molecule has 96 valence electrons. The van der Waals surface area contributed by atoms with Crippen molar-refractivity contribution in [2.45, 2.75) is 13.0 Å². The molecule has 0 spiro atoms. The molecule has 1 aliphatic rings. The monoisotopic (exact) mass is 308 g/mol. The van der Waals surface area contributed by atoms with Crippen LogP contribution in [0.2, 0.25) is 0 Å². The Kier molecular flexibility index (Phi) is 3.03. The summed E-state index contributed by atoms with van der Waals surface area (Å²) in [6.45, 7) is 3.29. The first-order chi connectivity index (χ1) is 8.63. The van der Waals surface area contributed by atoms with Gasteiger partial charge in [-0.1, -0.05) is 15.9 Å². The molecule has 2 heterocycles. The lowest BCUT2D eigenvalue weighted by Crippen LogP contribution is -2.17. The number of nitrogens with zero attached hydrogens (tertiary/aromatic N) is 3. The molecule has 4 nitrogen and oxygen atoms in total. The lowest BCUT2D eigenvalue weighted by molar-refractivity contribution is 0.380. The van der Waals surface area contributed by atoms with E-state index in [9.17, 15) is 0 Å². The number of likely N-dealkylation sites (tertiary alicyclic amines) is 1. The second-order valence-electron chi connectivity index (χ2n) is 5.13. The smallest absolute Gasteiger partial charge is 0.201 e. The molecule has 1 fully saturated rings. The Morgan fingerprint density at radius 2 is 2.33 bits per heavy atom. The Labute approximate surface area is 115 Å². The van der Waals surface area contributed by atoms with Crippen LogP contribution in [0.15, 0.2) is 22.7 Å². The average molecular weight is 309 g/mol. The van der Waals surface area contributed by atoms with Gasteiger partial charge in [0, 0.05) is 17.6 Å². The summed E-state index contributed by atoms with van der Waals surface area (Å²) >= 11 is 3.51. The van der Waals surface area contributed by atoms with Gasteiger partial charge in [-0.25, -0.2) is 4.98 Å². The van der Waals surface area contributed by atoms with Crippen molar-refractivity contribution in [2.75, 3.05) is 25.9 Å². The van der Waals surface area contributed by atoms with Crippen molar-refractivity contribution < 1.29 is 0 Å². The van der Waals surface area contributed by atoms with Gasteiger partial charge in [-0.05, 0) is 44.1 Å². The number of benzene rings is 1. The molecule has 1 saturated heterocycles. The highest BCUT2D eigenvalue weighted by atomic mass is 79.9. The summed E-state index contributed by atoms with van der Waals surface area (Å²) in [5.74, 6) is 1.30. The van der Waals surface area contributed by atoms with E-state index in [0.29, 0.717) is 11.9 Å². The van der Waals surface area contributed by atoms with E-state index in [4.69, 9.17) is 5.73 Å². The van der Waals surface area contributed by atoms with Crippen LogP contribution >= 0.6 is 15.9 Å². The maximum atomic E-state index is 6.04. The number of fused-ring (bicyclic) bond motifs is 1. The third-order valence-electron chi connectivity index (χ3n) is 3.67. The Balaban J connectivity index is 1.95. The van der Waals surface area contributed by atoms with Crippen LogP contribution in [-0.2, 0) is 6.54 Å². The van der Waals surface area contributed by atoms with Gasteiger partial charge in [0.15, 0.2) is 0 Å². The van der Waals surface area contributed by atoms with E-state index in [2.05, 4.69) is 43.5 Å². The second-order valence-corrected chi connectivity index (χ2v) is 6.05. The van der Waals surface area contributed by atoms with Gasteiger partial charge >= 0.3 is 0 Å². The van der Waals surface area contributed by atoms with Crippen molar-refractivity contribution in [3.8, 4) is 0 Å². The maximum Gasteiger partial charge on any atom is 0.201 e. The summed E-state index contributed by atoms with van der Waals surface area (Å²) in [5.41, 5.74) is 8.13. The van der Waals surface area contributed by atoms with Gasteiger partial charge in [0.2, 0.25) is 5.95 Å². The average Bonchev–Trinajstić information content (AvgIpc) is 2.86. The summed E-state index contributed by atoms with van der Waals surface area (Å²) in [5, 5.41) is 0. The fraction of sp³-hybridized carbons (Fsp3) is 0.462. The number of hydrogen-bond acceptors (Lipinski definition) is 3.